The standard InChI is InChI=1S/C20H23N3O6/c1-5-29-17-9-6-12(2)10-15(17)13(3)21-19(24)20(25)22-16-8-7-14(23(26)27)11-18(16)28-4/h6-11,13H,5H2,1-4H3,(H,21,24)(H,22,25). The molecule has 0 saturated heterocycles. The number of hydrogen-bond acceptors (Lipinski definition) is 6. The van der Waals surface area contributed by atoms with E-state index in [1.165, 1.54) is 19.2 Å². The Morgan fingerprint density at radius 1 is 1.14 bits per heavy atom. The predicted molar refractivity (Wildman–Crippen MR) is 107 cm³/mol. The van der Waals surface area contributed by atoms with Crippen LogP contribution in [0.25, 0.3) is 0 Å². The van der Waals surface area contributed by atoms with Crippen molar-refractivity contribution in [2.45, 2.75) is 26.8 Å². The van der Waals surface area contributed by atoms with E-state index in [1.54, 1.807) is 6.92 Å². The highest BCUT2D eigenvalue weighted by Gasteiger charge is 2.21. The van der Waals surface area contributed by atoms with E-state index in [1.807, 2.05) is 32.0 Å². The Hall–Kier alpha value is -3.62. The Balaban J connectivity index is 2.13. The van der Waals surface area contributed by atoms with Gasteiger partial charge in [-0.05, 0) is 32.9 Å². The van der Waals surface area contributed by atoms with Gasteiger partial charge in [0.05, 0.1) is 36.4 Å². The molecule has 2 rings (SSSR count). The zero-order valence-electron chi connectivity index (χ0n) is 16.6. The van der Waals surface area contributed by atoms with E-state index in [9.17, 15) is 19.7 Å². The summed E-state index contributed by atoms with van der Waals surface area (Å²) in [7, 11) is 1.31. The van der Waals surface area contributed by atoms with Crippen LogP contribution < -0.4 is 20.1 Å². The minimum Gasteiger partial charge on any atom is -0.494 e. The number of rotatable bonds is 7. The third-order valence-electron chi connectivity index (χ3n) is 4.13. The van der Waals surface area contributed by atoms with E-state index in [0.29, 0.717) is 12.4 Å². The molecule has 0 saturated carbocycles. The van der Waals surface area contributed by atoms with E-state index >= 15 is 0 Å². The van der Waals surface area contributed by atoms with Gasteiger partial charge in [0.1, 0.15) is 11.5 Å². The van der Waals surface area contributed by atoms with Crippen molar-refractivity contribution in [3.63, 3.8) is 0 Å². The maximum absolute atomic E-state index is 12.3. The Morgan fingerprint density at radius 3 is 2.48 bits per heavy atom. The van der Waals surface area contributed by atoms with Crippen LogP contribution in [0, 0.1) is 17.0 Å². The first-order valence-electron chi connectivity index (χ1n) is 8.94. The molecule has 1 atom stereocenters. The van der Waals surface area contributed by atoms with Gasteiger partial charge in [-0.1, -0.05) is 17.7 Å². The summed E-state index contributed by atoms with van der Waals surface area (Å²) in [6.45, 7) is 5.99. The summed E-state index contributed by atoms with van der Waals surface area (Å²) in [5, 5.41) is 15.9. The SMILES string of the molecule is CCOc1ccc(C)cc1C(C)NC(=O)C(=O)Nc1ccc([N+](=O)[O-])cc1OC. The first-order valence-corrected chi connectivity index (χ1v) is 8.94. The number of benzene rings is 2. The molecule has 2 aromatic carbocycles. The molecule has 0 radical (unpaired) electrons. The van der Waals surface area contributed by atoms with E-state index in [2.05, 4.69) is 10.6 Å². The summed E-state index contributed by atoms with van der Waals surface area (Å²) in [4.78, 5) is 34.9. The molecule has 0 aliphatic carbocycles. The number of nitro groups is 1. The van der Waals surface area contributed by atoms with Crippen molar-refractivity contribution >= 4 is 23.2 Å². The quantitative estimate of drug-likeness (QED) is 0.418. The molecule has 0 aliphatic rings. The average Bonchev–Trinajstić information content (AvgIpc) is 2.69. The van der Waals surface area contributed by atoms with Crippen LogP contribution in [0.1, 0.15) is 31.0 Å². The van der Waals surface area contributed by atoms with Gasteiger partial charge in [0, 0.05) is 11.6 Å². The number of nitrogens with zero attached hydrogens (tertiary/aromatic N) is 1. The number of carbonyl (C=O) groups excluding carboxylic acids is 2. The minimum absolute atomic E-state index is 0.0747. The normalized spacial score (nSPS) is 11.3. The third kappa shape index (κ3) is 5.44. The Kier molecular flexibility index (Phi) is 7.13. The molecule has 154 valence electrons. The van der Waals surface area contributed by atoms with E-state index in [-0.39, 0.29) is 17.1 Å². The number of non-ortho nitro benzene ring substituents is 1. The van der Waals surface area contributed by atoms with Crippen molar-refractivity contribution in [2.24, 2.45) is 0 Å². The van der Waals surface area contributed by atoms with Gasteiger partial charge in [-0.3, -0.25) is 19.7 Å². The van der Waals surface area contributed by atoms with Crippen molar-refractivity contribution < 1.29 is 24.0 Å². The van der Waals surface area contributed by atoms with Gasteiger partial charge < -0.3 is 20.1 Å². The first kappa shape index (κ1) is 21.7. The molecule has 0 heterocycles. The zero-order chi connectivity index (χ0) is 21.6. The van der Waals surface area contributed by atoms with Crippen molar-refractivity contribution in [3.05, 3.63) is 57.6 Å². The molecule has 0 aromatic heterocycles. The fourth-order valence-corrected chi connectivity index (χ4v) is 2.71. The Labute approximate surface area is 168 Å². The van der Waals surface area contributed by atoms with Gasteiger partial charge in [-0.15, -0.1) is 0 Å². The summed E-state index contributed by atoms with van der Waals surface area (Å²) in [6.07, 6.45) is 0. The Morgan fingerprint density at radius 2 is 1.86 bits per heavy atom. The Bertz CT molecular complexity index is 928. The molecule has 0 fully saturated rings. The maximum Gasteiger partial charge on any atom is 0.313 e. The molecule has 2 aromatic rings. The lowest BCUT2D eigenvalue weighted by atomic mass is 10.0. The molecule has 29 heavy (non-hydrogen) atoms. The lowest BCUT2D eigenvalue weighted by molar-refractivity contribution is -0.384. The summed E-state index contributed by atoms with van der Waals surface area (Å²) >= 11 is 0. The number of hydrogen-bond donors (Lipinski definition) is 2. The number of amides is 2. The number of nitro benzene ring substituents is 1. The van der Waals surface area contributed by atoms with Crippen LogP contribution in [-0.2, 0) is 9.59 Å². The molecule has 0 spiro atoms. The molecular weight excluding hydrogens is 378 g/mol. The average molecular weight is 401 g/mol. The van der Waals surface area contributed by atoms with E-state index < -0.39 is 22.8 Å². The van der Waals surface area contributed by atoms with Gasteiger partial charge in [-0.2, -0.15) is 0 Å². The van der Waals surface area contributed by atoms with Gasteiger partial charge in [-0.25, -0.2) is 0 Å². The van der Waals surface area contributed by atoms with Crippen LogP contribution in [0.5, 0.6) is 11.5 Å². The van der Waals surface area contributed by atoms with Crippen LogP contribution in [0.2, 0.25) is 0 Å². The van der Waals surface area contributed by atoms with Crippen molar-refractivity contribution in [1.29, 1.82) is 0 Å². The lowest BCUT2D eigenvalue weighted by Crippen LogP contribution is -2.37. The molecule has 1 unspecified atom stereocenters. The highest BCUT2D eigenvalue weighted by molar-refractivity contribution is 6.39. The smallest absolute Gasteiger partial charge is 0.313 e. The number of ether oxygens (including phenoxy) is 2. The van der Waals surface area contributed by atoms with E-state index in [0.717, 1.165) is 17.2 Å². The number of anilines is 1. The molecule has 2 amide bonds. The van der Waals surface area contributed by atoms with Crippen LogP contribution in [0.15, 0.2) is 36.4 Å². The van der Waals surface area contributed by atoms with Gasteiger partial charge >= 0.3 is 11.8 Å². The predicted octanol–water partition coefficient (Wildman–Crippen LogP) is 3.13. The maximum atomic E-state index is 12.3. The molecule has 2 N–H and O–H groups in total. The summed E-state index contributed by atoms with van der Waals surface area (Å²) < 4.78 is 10.6. The van der Waals surface area contributed by atoms with Crippen LogP contribution >= 0.6 is 0 Å². The van der Waals surface area contributed by atoms with Crippen LogP contribution in [-0.4, -0.2) is 30.5 Å². The second-order valence-electron chi connectivity index (χ2n) is 6.27. The van der Waals surface area contributed by atoms with E-state index in [4.69, 9.17) is 9.47 Å². The van der Waals surface area contributed by atoms with Gasteiger partial charge in [0.15, 0.2) is 0 Å². The number of nitrogens with one attached hydrogen (secondary N) is 2. The largest absolute Gasteiger partial charge is 0.494 e. The first-order chi connectivity index (χ1) is 13.8. The molecule has 0 aliphatic heterocycles. The zero-order valence-corrected chi connectivity index (χ0v) is 16.6. The monoisotopic (exact) mass is 401 g/mol. The lowest BCUT2D eigenvalue weighted by Gasteiger charge is -2.18. The molecule has 9 nitrogen and oxygen atoms in total. The van der Waals surface area contributed by atoms with Crippen molar-refractivity contribution in [2.75, 3.05) is 19.0 Å². The van der Waals surface area contributed by atoms with Crippen LogP contribution in [0.4, 0.5) is 11.4 Å². The van der Waals surface area contributed by atoms with Gasteiger partial charge in [0.25, 0.3) is 5.69 Å². The summed E-state index contributed by atoms with van der Waals surface area (Å²) in [5.74, 6) is -1.08. The van der Waals surface area contributed by atoms with Gasteiger partial charge in [0.2, 0.25) is 0 Å². The molecular formula is C20H23N3O6. The number of methoxy groups -OCH3 is 1. The molecule has 0 bridgehead atoms. The molecule has 9 heteroatoms. The fraction of sp³-hybridized carbons (Fsp3) is 0.300. The topological polar surface area (TPSA) is 120 Å². The van der Waals surface area contributed by atoms with Crippen molar-refractivity contribution in [1.82, 2.24) is 5.32 Å². The third-order valence-corrected chi connectivity index (χ3v) is 4.13. The van der Waals surface area contributed by atoms with Crippen LogP contribution in [0.3, 0.4) is 0 Å². The minimum atomic E-state index is -0.922. The second kappa shape index (κ2) is 9.54. The number of aryl methyl sites for hydroxylation is 1. The summed E-state index contributed by atoms with van der Waals surface area (Å²) in [6, 6.07) is 8.80. The highest BCUT2D eigenvalue weighted by atomic mass is 16.6. The number of carbonyl (C=O) groups is 2. The summed E-state index contributed by atoms with van der Waals surface area (Å²) in [5.41, 5.74) is 1.70. The second-order valence-corrected chi connectivity index (χ2v) is 6.27. The van der Waals surface area contributed by atoms with Crippen molar-refractivity contribution in [3.8, 4) is 11.5 Å². The highest BCUT2D eigenvalue weighted by Crippen LogP contribution is 2.29. The fourth-order valence-electron chi connectivity index (χ4n) is 2.71.